The first-order chi connectivity index (χ1) is 13.5. The van der Waals surface area contributed by atoms with Gasteiger partial charge in [-0.05, 0) is 36.1 Å². The molecule has 0 saturated heterocycles. The van der Waals surface area contributed by atoms with Crippen LogP contribution in [0.1, 0.15) is 27.2 Å². The quantitative estimate of drug-likeness (QED) is 0.458. The second-order valence-corrected chi connectivity index (χ2v) is 8.85. The highest BCUT2D eigenvalue weighted by molar-refractivity contribution is 7.99. The van der Waals surface area contributed by atoms with E-state index < -0.39 is 0 Å². The van der Waals surface area contributed by atoms with Crippen LogP contribution in [0.25, 0.3) is 0 Å². The van der Waals surface area contributed by atoms with E-state index in [1.165, 1.54) is 11.3 Å². The third kappa shape index (κ3) is 9.26. The average Bonchev–Trinajstić information content (AvgIpc) is 2.76. The molecule has 0 aromatic heterocycles. The highest BCUT2D eigenvalue weighted by atomic mass is 32.2. The fourth-order valence-corrected chi connectivity index (χ4v) is 4.32. The second kappa shape index (κ2) is 14.7. The van der Waals surface area contributed by atoms with Crippen molar-refractivity contribution in [3.63, 3.8) is 0 Å². The van der Waals surface area contributed by atoms with Crippen molar-refractivity contribution in [1.29, 1.82) is 0 Å². The van der Waals surface area contributed by atoms with Crippen molar-refractivity contribution in [2.24, 2.45) is 11.8 Å². The van der Waals surface area contributed by atoms with E-state index >= 15 is 0 Å². The van der Waals surface area contributed by atoms with Gasteiger partial charge in [-0.2, -0.15) is 0 Å². The number of aliphatic hydroxyl groups is 1. The molecular formula is C23H34O3S2. The normalized spacial score (nSPS) is 12.5. The van der Waals surface area contributed by atoms with Crippen LogP contribution in [-0.4, -0.2) is 37.4 Å². The Kier molecular flexibility index (Phi) is 13.0. The maximum atomic E-state index is 8.89. The summed E-state index contributed by atoms with van der Waals surface area (Å²) in [5.74, 6) is 5.06. The first kappa shape index (κ1) is 24.7. The summed E-state index contributed by atoms with van der Waals surface area (Å²) >= 11 is 3.60. The first-order valence-electron chi connectivity index (χ1n) is 9.68. The topological polar surface area (TPSA) is 38.7 Å². The summed E-state index contributed by atoms with van der Waals surface area (Å²) in [4.78, 5) is 2.38. The average molecular weight is 423 g/mol. The number of benzene rings is 2. The van der Waals surface area contributed by atoms with Crippen LogP contribution in [0.5, 0.6) is 11.5 Å². The minimum absolute atomic E-state index is 0.238. The minimum atomic E-state index is 0.238. The summed E-state index contributed by atoms with van der Waals surface area (Å²) < 4.78 is 10.5. The molecule has 5 heteroatoms. The Morgan fingerprint density at radius 2 is 1.21 bits per heavy atom. The fourth-order valence-electron chi connectivity index (χ4n) is 2.11. The molecule has 0 fully saturated rings. The molecule has 0 radical (unpaired) electrons. The second-order valence-electron chi connectivity index (χ2n) is 6.72. The van der Waals surface area contributed by atoms with Gasteiger partial charge in [-0.1, -0.05) is 51.5 Å². The van der Waals surface area contributed by atoms with Crippen molar-refractivity contribution in [2.45, 2.75) is 37.0 Å². The molecule has 0 aliphatic rings. The summed E-state index contributed by atoms with van der Waals surface area (Å²) in [6.45, 7) is 6.78. The van der Waals surface area contributed by atoms with E-state index in [0.29, 0.717) is 5.92 Å². The molecule has 2 aromatic rings. The molecule has 0 aliphatic carbocycles. The predicted octanol–water partition coefficient (Wildman–Crippen LogP) is 6.25. The summed E-state index contributed by atoms with van der Waals surface area (Å²) in [5, 5.41) is 8.89. The van der Waals surface area contributed by atoms with Gasteiger partial charge in [-0.3, -0.25) is 0 Å². The van der Waals surface area contributed by atoms with E-state index in [1.54, 1.807) is 26.0 Å². The highest BCUT2D eigenvalue weighted by Gasteiger charge is 2.06. The van der Waals surface area contributed by atoms with E-state index in [9.17, 15) is 0 Å². The molecule has 2 aromatic carbocycles. The van der Waals surface area contributed by atoms with E-state index in [0.717, 1.165) is 33.8 Å². The molecule has 0 bridgehead atoms. The zero-order valence-electron chi connectivity index (χ0n) is 17.7. The number of rotatable bonds is 10. The summed E-state index contributed by atoms with van der Waals surface area (Å²) in [6, 6.07) is 16.1. The fraction of sp³-hybridized carbons (Fsp3) is 0.478. The number of hydrogen-bond donors (Lipinski definition) is 1. The Morgan fingerprint density at radius 3 is 1.61 bits per heavy atom. The molecule has 156 valence electrons. The van der Waals surface area contributed by atoms with E-state index in [1.807, 2.05) is 55.1 Å². The van der Waals surface area contributed by atoms with Crippen LogP contribution in [-0.2, 0) is 0 Å². The Balaban J connectivity index is 0.000000280. The largest absolute Gasteiger partial charge is 0.496 e. The number of hydrogen-bond acceptors (Lipinski definition) is 5. The van der Waals surface area contributed by atoms with Crippen LogP contribution < -0.4 is 9.47 Å². The van der Waals surface area contributed by atoms with Crippen molar-refractivity contribution >= 4 is 23.5 Å². The smallest absolute Gasteiger partial charge is 0.132 e. The lowest BCUT2D eigenvalue weighted by Crippen LogP contribution is -2.03. The molecule has 0 amide bonds. The maximum absolute atomic E-state index is 8.89. The third-order valence-corrected chi connectivity index (χ3v) is 6.96. The van der Waals surface area contributed by atoms with Crippen molar-refractivity contribution in [3.8, 4) is 11.5 Å². The minimum Gasteiger partial charge on any atom is -0.496 e. The molecule has 0 saturated carbocycles. The van der Waals surface area contributed by atoms with Crippen LogP contribution in [0.3, 0.4) is 0 Å². The van der Waals surface area contributed by atoms with Gasteiger partial charge in [0, 0.05) is 27.9 Å². The van der Waals surface area contributed by atoms with Gasteiger partial charge in [0.05, 0.1) is 14.2 Å². The monoisotopic (exact) mass is 422 g/mol. The molecule has 2 unspecified atom stereocenters. The van der Waals surface area contributed by atoms with Gasteiger partial charge in [0.15, 0.2) is 0 Å². The Hall–Kier alpha value is -1.30. The number of para-hydroxylation sites is 2. The summed E-state index contributed by atoms with van der Waals surface area (Å²) in [7, 11) is 3.40. The van der Waals surface area contributed by atoms with Crippen molar-refractivity contribution < 1.29 is 14.6 Å². The number of thioether (sulfide) groups is 2. The molecular weight excluding hydrogens is 388 g/mol. The molecule has 3 nitrogen and oxygen atoms in total. The molecule has 0 aliphatic heterocycles. The van der Waals surface area contributed by atoms with E-state index in [-0.39, 0.29) is 6.61 Å². The van der Waals surface area contributed by atoms with Gasteiger partial charge in [-0.15, -0.1) is 23.5 Å². The van der Waals surface area contributed by atoms with Crippen LogP contribution in [0.15, 0.2) is 58.3 Å². The van der Waals surface area contributed by atoms with Crippen molar-refractivity contribution in [2.75, 3.05) is 32.3 Å². The zero-order valence-corrected chi connectivity index (χ0v) is 19.3. The van der Waals surface area contributed by atoms with Gasteiger partial charge in [0.25, 0.3) is 0 Å². The van der Waals surface area contributed by atoms with Crippen LogP contribution in [0, 0.1) is 11.8 Å². The lowest BCUT2D eigenvalue weighted by Gasteiger charge is -2.10. The lowest BCUT2D eigenvalue weighted by molar-refractivity contribution is 0.250. The molecule has 0 spiro atoms. The Morgan fingerprint density at radius 1 is 0.786 bits per heavy atom. The van der Waals surface area contributed by atoms with Crippen LogP contribution in [0.2, 0.25) is 0 Å². The number of ether oxygens (including phenoxy) is 2. The SMILES string of the molecule is CCC(C)CSc1ccccc1OC.COc1ccccc1SCC(C)CO. The summed E-state index contributed by atoms with van der Waals surface area (Å²) in [5.41, 5.74) is 0. The van der Waals surface area contributed by atoms with Gasteiger partial charge >= 0.3 is 0 Å². The lowest BCUT2D eigenvalue weighted by atomic mass is 10.2. The maximum Gasteiger partial charge on any atom is 0.132 e. The molecule has 2 atom stereocenters. The zero-order chi connectivity index (χ0) is 20.8. The summed E-state index contributed by atoms with van der Waals surface area (Å²) in [6.07, 6.45) is 1.24. The van der Waals surface area contributed by atoms with Crippen LogP contribution >= 0.6 is 23.5 Å². The standard InChI is InChI=1S/C12H18OS.C11H16O2S/c1-4-10(2)9-14-12-8-6-5-7-11(12)13-3;1-9(7-12)8-14-11-6-4-3-5-10(11)13-2/h5-8,10H,4,9H2,1-3H3;3-6,9,12H,7-8H2,1-2H3. The first-order valence-corrected chi connectivity index (χ1v) is 11.6. The Bertz CT molecular complexity index is 606. The van der Waals surface area contributed by atoms with Crippen LogP contribution in [0.4, 0.5) is 0 Å². The number of aliphatic hydroxyl groups excluding tert-OH is 1. The van der Waals surface area contributed by atoms with E-state index in [2.05, 4.69) is 26.0 Å². The van der Waals surface area contributed by atoms with Crippen molar-refractivity contribution in [3.05, 3.63) is 48.5 Å². The van der Waals surface area contributed by atoms with Gasteiger partial charge < -0.3 is 14.6 Å². The Labute approximate surface area is 179 Å². The van der Waals surface area contributed by atoms with Crippen molar-refractivity contribution in [1.82, 2.24) is 0 Å². The van der Waals surface area contributed by atoms with Gasteiger partial charge in [0.2, 0.25) is 0 Å². The van der Waals surface area contributed by atoms with Gasteiger partial charge in [-0.25, -0.2) is 0 Å². The molecule has 0 heterocycles. The molecule has 1 N–H and O–H groups in total. The van der Waals surface area contributed by atoms with E-state index in [4.69, 9.17) is 14.6 Å². The highest BCUT2D eigenvalue weighted by Crippen LogP contribution is 2.31. The third-order valence-electron chi connectivity index (χ3n) is 4.19. The molecule has 28 heavy (non-hydrogen) atoms. The molecule has 2 rings (SSSR count). The number of methoxy groups -OCH3 is 2. The predicted molar refractivity (Wildman–Crippen MR) is 123 cm³/mol. The van der Waals surface area contributed by atoms with Gasteiger partial charge in [0.1, 0.15) is 11.5 Å².